The normalized spacial score (nSPS) is 15.0. The van der Waals surface area contributed by atoms with Crippen molar-refractivity contribution in [1.82, 2.24) is 25.1 Å². The number of benzene rings is 1. The highest BCUT2D eigenvalue weighted by Crippen LogP contribution is 2.32. The monoisotopic (exact) mass is 421 g/mol. The number of halogens is 1. The Bertz CT molecular complexity index is 1250. The Morgan fingerprint density at radius 2 is 1.90 bits per heavy atom. The molecule has 1 aliphatic heterocycles. The summed E-state index contributed by atoms with van der Waals surface area (Å²) in [7, 11) is 0. The molecule has 0 radical (unpaired) electrons. The zero-order chi connectivity index (χ0) is 20.5. The van der Waals surface area contributed by atoms with Crippen molar-refractivity contribution in [3.8, 4) is 22.5 Å². The summed E-state index contributed by atoms with van der Waals surface area (Å²) in [6.45, 7) is 3.82. The first-order valence-electron chi connectivity index (χ1n) is 9.80. The maximum Gasteiger partial charge on any atom is 0.273 e. The van der Waals surface area contributed by atoms with Crippen LogP contribution in [0.15, 0.2) is 53.6 Å². The summed E-state index contributed by atoms with van der Waals surface area (Å²) in [5.41, 5.74) is 4.65. The van der Waals surface area contributed by atoms with Gasteiger partial charge in [0.05, 0.1) is 30.2 Å². The Balaban J connectivity index is 1.66. The lowest BCUT2D eigenvalue weighted by molar-refractivity contribution is 0.0344. The van der Waals surface area contributed by atoms with Crippen molar-refractivity contribution in [3.05, 3.63) is 69.7 Å². The fraction of sp³-hybridized carbons (Fsp3) is 0.227. The third-order valence-electron chi connectivity index (χ3n) is 5.40. The molecule has 1 aromatic carbocycles. The second kappa shape index (κ2) is 8.02. The van der Waals surface area contributed by atoms with Gasteiger partial charge in [-0.25, -0.2) is 5.10 Å². The number of nitrogens with one attached hydrogen (secondary N) is 2. The van der Waals surface area contributed by atoms with Crippen LogP contribution in [0.4, 0.5) is 0 Å². The minimum Gasteiger partial charge on any atom is -0.379 e. The molecule has 0 saturated carbocycles. The number of fused-ring (bicyclic) bond motifs is 1. The zero-order valence-electron chi connectivity index (χ0n) is 16.2. The van der Waals surface area contributed by atoms with Gasteiger partial charge in [-0.15, -0.1) is 0 Å². The van der Waals surface area contributed by atoms with Crippen LogP contribution >= 0.6 is 11.6 Å². The summed E-state index contributed by atoms with van der Waals surface area (Å²) < 4.78 is 5.49. The predicted octanol–water partition coefficient (Wildman–Crippen LogP) is 3.47. The summed E-state index contributed by atoms with van der Waals surface area (Å²) in [5.74, 6) is 0. The predicted molar refractivity (Wildman–Crippen MR) is 116 cm³/mol. The molecule has 0 amide bonds. The summed E-state index contributed by atoms with van der Waals surface area (Å²) in [6.07, 6.45) is 3.41. The van der Waals surface area contributed by atoms with E-state index in [1.807, 2.05) is 36.4 Å². The maximum absolute atomic E-state index is 12.8. The van der Waals surface area contributed by atoms with Crippen molar-refractivity contribution in [2.24, 2.45) is 0 Å². The van der Waals surface area contributed by atoms with Gasteiger partial charge >= 0.3 is 0 Å². The number of hydrogen-bond donors (Lipinski definition) is 2. The van der Waals surface area contributed by atoms with Gasteiger partial charge in [-0.05, 0) is 42.0 Å². The number of hydrogen-bond acceptors (Lipinski definition) is 5. The third-order valence-corrected chi connectivity index (χ3v) is 5.64. The van der Waals surface area contributed by atoms with E-state index in [2.05, 4.69) is 25.1 Å². The lowest BCUT2D eigenvalue weighted by Gasteiger charge is -2.26. The Morgan fingerprint density at radius 1 is 1.10 bits per heavy atom. The topological polar surface area (TPSA) is 86.9 Å². The molecule has 152 valence electrons. The largest absolute Gasteiger partial charge is 0.379 e. The van der Waals surface area contributed by atoms with Gasteiger partial charge in [0, 0.05) is 53.5 Å². The van der Waals surface area contributed by atoms with Crippen LogP contribution in [0.5, 0.6) is 0 Å². The number of aromatic amines is 2. The Kier molecular flexibility index (Phi) is 5.08. The van der Waals surface area contributed by atoms with E-state index in [1.54, 1.807) is 12.4 Å². The van der Waals surface area contributed by atoms with Gasteiger partial charge < -0.3 is 9.72 Å². The quantitative estimate of drug-likeness (QED) is 0.527. The molecule has 5 rings (SSSR count). The standard InChI is InChI=1S/C22H20ClN5O2/c23-15-1-2-19-16(11-15)18(13-28-7-9-30-10-8-28)21(25-19)17-12-20(26-27-22(17)29)14-3-5-24-6-4-14/h1-6,11-12,25H,7-10,13H2,(H,27,29). The van der Waals surface area contributed by atoms with E-state index in [1.165, 1.54) is 0 Å². The van der Waals surface area contributed by atoms with Crippen molar-refractivity contribution in [1.29, 1.82) is 0 Å². The molecule has 0 unspecified atom stereocenters. The van der Waals surface area contributed by atoms with Crippen LogP contribution in [0.3, 0.4) is 0 Å². The van der Waals surface area contributed by atoms with Gasteiger partial charge in [0.2, 0.25) is 0 Å². The van der Waals surface area contributed by atoms with Crippen molar-refractivity contribution >= 4 is 22.5 Å². The van der Waals surface area contributed by atoms with Gasteiger partial charge in [0.25, 0.3) is 5.56 Å². The molecule has 4 heterocycles. The molecule has 7 nitrogen and oxygen atoms in total. The first-order valence-corrected chi connectivity index (χ1v) is 10.2. The molecule has 4 aromatic rings. The van der Waals surface area contributed by atoms with Crippen LogP contribution in [-0.2, 0) is 11.3 Å². The van der Waals surface area contributed by atoms with E-state index in [4.69, 9.17) is 16.3 Å². The molecule has 0 aliphatic carbocycles. The van der Waals surface area contributed by atoms with Gasteiger partial charge in [-0.3, -0.25) is 14.7 Å². The number of H-pyrrole nitrogens is 2. The second-order valence-corrected chi connectivity index (χ2v) is 7.73. The fourth-order valence-corrected chi connectivity index (χ4v) is 4.03. The third kappa shape index (κ3) is 3.63. The summed E-state index contributed by atoms with van der Waals surface area (Å²) in [5, 5.41) is 8.55. The zero-order valence-corrected chi connectivity index (χ0v) is 16.9. The van der Waals surface area contributed by atoms with Crippen molar-refractivity contribution < 1.29 is 4.74 Å². The van der Waals surface area contributed by atoms with Crippen LogP contribution in [-0.4, -0.2) is 51.4 Å². The minimum absolute atomic E-state index is 0.242. The second-order valence-electron chi connectivity index (χ2n) is 7.29. The van der Waals surface area contributed by atoms with Gasteiger partial charge in [0.1, 0.15) is 0 Å². The van der Waals surface area contributed by atoms with E-state index in [9.17, 15) is 4.79 Å². The summed E-state index contributed by atoms with van der Waals surface area (Å²) >= 11 is 6.29. The highest BCUT2D eigenvalue weighted by Gasteiger charge is 2.20. The average Bonchev–Trinajstić information content (AvgIpc) is 3.13. The van der Waals surface area contributed by atoms with Crippen LogP contribution in [0.2, 0.25) is 5.02 Å². The molecule has 0 bridgehead atoms. The highest BCUT2D eigenvalue weighted by atomic mass is 35.5. The van der Waals surface area contributed by atoms with E-state index >= 15 is 0 Å². The van der Waals surface area contributed by atoms with Crippen molar-refractivity contribution in [2.45, 2.75) is 6.54 Å². The highest BCUT2D eigenvalue weighted by molar-refractivity contribution is 6.31. The molecule has 2 N–H and O–H groups in total. The Labute approximate surface area is 177 Å². The number of pyridine rings is 1. The summed E-state index contributed by atoms with van der Waals surface area (Å²) in [6, 6.07) is 11.3. The molecular formula is C22H20ClN5O2. The lowest BCUT2D eigenvalue weighted by atomic mass is 10.0. The lowest BCUT2D eigenvalue weighted by Crippen LogP contribution is -2.35. The van der Waals surface area contributed by atoms with Gasteiger partial charge in [-0.2, -0.15) is 5.10 Å². The molecule has 8 heteroatoms. The first kappa shape index (κ1) is 19.0. The van der Waals surface area contributed by atoms with Gasteiger partial charge in [-0.1, -0.05) is 11.6 Å². The molecule has 0 atom stereocenters. The van der Waals surface area contributed by atoms with E-state index in [0.717, 1.165) is 40.8 Å². The number of aromatic nitrogens is 4. The molecule has 1 fully saturated rings. The van der Waals surface area contributed by atoms with E-state index in [-0.39, 0.29) is 5.56 Å². The SMILES string of the molecule is O=c1[nH]nc(-c2ccncc2)cc1-c1[nH]c2ccc(Cl)cc2c1CN1CCOCC1. The van der Waals surface area contributed by atoms with E-state index < -0.39 is 0 Å². The molecule has 0 spiro atoms. The number of nitrogens with zero attached hydrogens (tertiary/aromatic N) is 3. The van der Waals surface area contributed by atoms with Crippen LogP contribution < -0.4 is 5.56 Å². The minimum atomic E-state index is -0.242. The smallest absolute Gasteiger partial charge is 0.273 e. The van der Waals surface area contributed by atoms with Crippen molar-refractivity contribution in [3.63, 3.8) is 0 Å². The summed E-state index contributed by atoms with van der Waals surface area (Å²) in [4.78, 5) is 22.6. The fourth-order valence-electron chi connectivity index (χ4n) is 3.86. The van der Waals surface area contributed by atoms with E-state index in [0.29, 0.717) is 36.0 Å². The number of morpholine rings is 1. The van der Waals surface area contributed by atoms with Crippen LogP contribution in [0, 0.1) is 0 Å². The Hall–Kier alpha value is -3.00. The number of rotatable bonds is 4. The van der Waals surface area contributed by atoms with Crippen LogP contribution in [0.1, 0.15) is 5.56 Å². The number of ether oxygens (including phenoxy) is 1. The maximum atomic E-state index is 12.8. The molecular weight excluding hydrogens is 402 g/mol. The molecule has 1 aliphatic rings. The molecule has 30 heavy (non-hydrogen) atoms. The molecule has 3 aromatic heterocycles. The Morgan fingerprint density at radius 3 is 2.70 bits per heavy atom. The first-order chi connectivity index (χ1) is 14.7. The average molecular weight is 422 g/mol. The van der Waals surface area contributed by atoms with Crippen molar-refractivity contribution in [2.75, 3.05) is 26.3 Å². The molecule has 1 saturated heterocycles. The van der Waals surface area contributed by atoms with Crippen LogP contribution in [0.25, 0.3) is 33.4 Å². The van der Waals surface area contributed by atoms with Gasteiger partial charge in [0.15, 0.2) is 0 Å².